The molecule has 0 saturated heterocycles. The van der Waals surface area contributed by atoms with E-state index >= 15 is 0 Å². The van der Waals surface area contributed by atoms with Crippen LogP contribution in [0.1, 0.15) is 51.9 Å². The highest BCUT2D eigenvalue weighted by Gasteiger charge is 2.27. The first kappa shape index (κ1) is 24.0. The van der Waals surface area contributed by atoms with E-state index in [2.05, 4.69) is 41.0 Å². The van der Waals surface area contributed by atoms with Gasteiger partial charge in [-0.2, -0.15) is 0 Å². The molecule has 3 aromatic rings. The average Bonchev–Trinajstić information content (AvgIpc) is 3.63. The predicted molar refractivity (Wildman–Crippen MR) is 139 cm³/mol. The van der Waals surface area contributed by atoms with Crippen LogP contribution < -0.4 is 10.5 Å². The van der Waals surface area contributed by atoms with Crippen molar-refractivity contribution in [3.8, 4) is 17.1 Å². The maximum atomic E-state index is 12.6. The Bertz CT molecular complexity index is 1310. The fraction of sp³-hybridized carbons (Fsp3) is 0.370. The summed E-state index contributed by atoms with van der Waals surface area (Å²) in [7, 11) is 2.13. The zero-order chi connectivity index (χ0) is 24.7. The first-order valence-electron chi connectivity index (χ1n) is 11.9. The number of hydrogen-bond donors (Lipinski definition) is 1. The molecule has 1 fully saturated rings. The first-order valence-corrected chi connectivity index (χ1v) is 12.6. The molecule has 5 rings (SSSR count). The standard InChI is InChI=1S/C27H28Cl2N4O2/c1-15-9-17(11-18-13-33(2)8-7-19(15)18)23-12-31-26(30)27(32-23)35-14-21-22(28)6-5-20(25(21)29)24(34)10-16-3-4-16/h5-6,9,11-12,16H,3-4,7-8,10,13-14H2,1-2H3,(H2,30,31). The molecule has 0 amide bonds. The van der Waals surface area contributed by atoms with Gasteiger partial charge in [-0.25, -0.2) is 9.97 Å². The smallest absolute Gasteiger partial charge is 0.258 e. The Labute approximate surface area is 215 Å². The Morgan fingerprint density at radius 3 is 2.83 bits per heavy atom. The Morgan fingerprint density at radius 1 is 1.26 bits per heavy atom. The van der Waals surface area contributed by atoms with Gasteiger partial charge in [0, 0.05) is 41.2 Å². The van der Waals surface area contributed by atoms with E-state index in [1.165, 1.54) is 16.7 Å². The maximum Gasteiger partial charge on any atom is 0.258 e. The largest absolute Gasteiger partial charge is 0.470 e. The third-order valence-corrected chi connectivity index (χ3v) is 7.61. The van der Waals surface area contributed by atoms with Crippen molar-refractivity contribution in [1.82, 2.24) is 14.9 Å². The van der Waals surface area contributed by atoms with Crippen molar-refractivity contribution < 1.29 is 9.53 Å². The number of nitrogens with two attached hydrogens (primary N) is 1. The molecule has 6 nitrogen and oxygen atoms in total. The highest BCUT2D eigenvalue weighted by atomic mass is 35.5. The van der Waals surface area contributed by atoms with E-state index in [9.17, 15) is 4.79 Å². The second-order valence-corrected chi connectivity index (χ2v) is 10.4. The van der Waals surface area contributed by atoms with Crippen molar-refractivity contribution in [3.63, 3.8) is 0 Å². The monoisotopic (exact) mass is 510 g/mol. The molecule has 2 N–H and O–H groups in total. The van der Waals surface area contributed by atoms with Crippen LogP contribution in [-0.4, -0.2) is 34.2 Å². The molecular weight excluding hydrogens is 483 g/mol. The van der Waals surface area contributed by atoms with Crippen LogP contribution in [0.2, 0.25) is 10.0 Å². The topological polar surface area (TPSA) is 81.3 Å². The van der Waals surface area contributed by atoms with E-state index in [0.29, 0.717) is 39.2 Å². The van der Waals surface area contributed by atoms with Crippen molar-refractivity contribution in [1.29, 1.82) is 0 Å². The average molecular weight is 511 g/mol. The number of ether oxygens (including phenoxy) is 1. The summed E-state index contributed by atoms with van der Waals surface area (Å²) >= 11 is 13.0. The van der Waals surface area contributed by atoms with Crippen molar-refractivity contribution in [2.24, 2.45) is 5.92 Å². The van der Waals surface area contributed by atoms with Gasteiger partial charge >= 0.3 is 0 Å². The van der Waals surface area contributed by atoms with Crippen LogP contribution in [0.5, 0.6) is 5.88 Å². The number of anilines is 1. The number of ketones is 1. The molecule has 1 saturated carbocycles. The van der Waals surface area contributed by atoms with Gasteiger partial charge < -0.3 is 15.4 Å². The Balaban J connectivity index is 1.40. The quantitative estimate of drug-likeness (QED) is 0.399. The molecule has 8 heteroatoms. The molecule has 35 heavy (non-hydrogen) atoms. The van der Waals surface area contributed by atoms with Gasteiger partial charge in [-0.1, -0.05) is 23.2 Å². The van der Waals surface area contributed by atoms with Gasteiger partial charge in [0.25, 0.3) is 5.88 Å². The third-order valence-electron chi connectivity index (χ3n) is 6.82. The van der Waals surface area contributed by atoms with E-state index < -0.39 is 0 Å². The lowest BCUT2D eigenvalue weighted by Crippen LogP contribution is -2.27. The molecule has 1 aliphatic carbocycles. The summed E-state index contributed by atoms with van der Waals surface area (Å²) < 4.78 is 5.95. The number of nitrogen functional groups attached to an aromatic ring is 1. The van der Waals surface area contributed by atoms with Crippen LogP contribution in [0.4, 0.5) is 5.82 Å². The number of Topliss-reactive ketones (excluding diaryl/α,β-unsaturated/α-hetero) is 1. The maximum absolute atomic E-state index is 12.6. The summed E-state index contributed by atoms with van der Waals surface area (Å²) in [6, 6.07) is 7.68. The fourth-order valence-corrected chi connectivity index (χ4v) is 5.20. The number of aromatic nitrogens is 2. The summed E-state index contributed by atoms with van der Waals surface area (Å²) in [6.07, 6.45) is 5.41. The number of halogens is 2. The number of carbonyl (C=O) groups excluding carboxylic acids is 1. The number of carbonyl (C=O) groups is 1. The molecule has 2 aliphatic rings. The highest BCUT2D eigenvalue weighted by Crippen LogP contribution is 2.36. The van der Waals surface area contributed by atoms with Crippen molar-refractivity contribution in [3.05, 3.63) is 68.3 Å². The summed E-state index contributed by atoms with van der Waals surface area (Å²) in [6.45, 7) is 4.13. The second kappa shape index (κ2) is 9.76. The molecule has 0 spiro atoms. The minimum atomic E-state index is 0.0263. The van der Waals surface area contributed by atoms with Crippen LogP contribution in [0.3, 0.4) is 0 Å². The number of benzene rings is 2. The Kier molecular flexibility index (Phi) is 6.71. The zero-order valence-corrected chi connectivity index (χ0v) is 21.4. The number of fused-ring (bicyclic) bond motifs is 1. The van der Waals surface area contributed by atoms with E-state index in [4.69, 9.17) is 33.7 Å². The summed E-state index contributed by atoms with van der Waals surface area (Å²) in [5, 5.41) is 0.746. The molecular formula is C27H28Cl2N4O2. The normalized spacial score (nSPS) is 15.7. The minimum Gasteiger partial charge on any atom is -0.470 e. The number of aryl methyl sites for hydroxylation is 1. The molecule has 2 aromatic carbocycles. The fourth-order valence-electron chi connectivity index (χ4n) is 4.62. The van der Waals surface area contributed by atoms with Crippen molar-refractivity contribution in [2.45, 2.75) is 45.8 Å². The van der Waals surface area contributed by atoms with E-state index in [-0.39, 0.29) is 24.1 Å². The van der Waals surface area contributed by atoms with Crippen LogP contribution in [0.15, 0.2) is 30.5 Å². The van der Waals surface area contributed by atoms with Crippen LogP contribution in [-0.2, 0) is 19.6 Å². The minimum absolute atomic E-state index is 0.0263. The summed E-state index contributed by atoms with van der Waals surface area (Å²) in [5.41, 5.74) is 12.7. The van der Waals surface area contributed by atoms with Crippen molar-refractivity contribution >= 4 is 34.8 Å². The zero-order valence-electron chi connectivity index (χ0n) is 19.9. The van der Waals surface area contributed by atoms with Gasteiger partial charge in [0.1, 0.15) is 6.61 Å². The first-order chi connectivity index (χ1) is 16.8. The Hall–Kier alpha value is -2.67. The number of hydrogen-bond acceptors (Lipinski definition) is 6. The lowest BCUT2D eigenvalue weighted by atomic mass is 9.92. The van der Waals surface area contributed by atoms with Crippen LogP contribution in [0, 0.1) is 12.8 Å². The molecule has 0 bridgehead atoms. The summed E-state index contributed by atoms with van der Waals surface area (Å²) in [4.78, 5) is 23.9. The van der Waals surface area contributed by atoms with Gasteiger partial charge in [0.05, 0.1) is 16.9 Å². The second-order valence-electron chi connectivity index (χ2n) is 9.61. The number of likely N-dealkylation sites (N-methyl/N-ethyl adjacent to an activating group) is 1. The molecule has 1 aromatic heterocycles. The van der Waals surface area contributed by atoms with Gasteiger partial charge in [-0.3, -0.25) is 4.79 Å². The molecule has 0 radical (unpaired) electrons. The van der Waals surface area contributed by atoms with E-state index in [1.54, 1.807) is 18.3 Å². The lowest BCUT2D eigenvalue weighted by molar-refractivity contribution is 0.0976. The molecule has 182 valence electrons. The van der Waals surface area contributed by atoms with Gasteiger partial charge in [-0.15, -0.1) is 0 Å². The Morgan fingerprint density at radius 2 is 2.06 bits per heavy atom. The number of nitrogens with zero attached hydrogens (tertiary/aromatic N) is 3. The van der Waals surface area contributed by atoms with Gasteiger partial charge in [0.15, 0.2) is 11.6 Å². The summed E-state index contributed by atoms with van der Waals surface area (Å²) in [5.74, 6) is 0.887. The molecule has 1 aliphatic heterocycles. The molecule has 2 heterocycles. The number of rotatable bonds is 7. The highest BCUT2D eigenvalue weighted by molar-refractivity contribution is 6.38. The lowest BCUT2D eigenvalue weighted by Gasteiger charge is -2.27. The van der Waals surface area contributed by atoms with Gasteiger partial charge in [0.2, 0.25) is 0 Å². The van der Waals surface area contributed by atoms with Crippen molar-refractivity contribution in [2.75, 3.05) is 19.3 Å². The van der Waals surface area contributed by atoms with Gasteiger partial charge in [-0.05, 0) is 80.1 Å². The van der Waals surface area contributed by atoms with E-state index in [0.717, 1.165) is 37.9 Å². The third kappa shape index (κ3) is 5.15. The molecule has 0 atom stereocenters. The molecule has 0 unspecified atom stereocenters. The predicted octanol–water partition coefficient (Wildman–Crippen LogP) is 5.89. The van der Waals surface area contributed by atoms with E-state index in [1.807, 2.05) is 0 Å². The van der Waals surface area contributed by atoms with Crippen LogP contribution in [0.25, 0.3) is 11.3 Å². The van der Waals surface area contributed by atoms with Crippen LogP contribution >= 0.6 is 23.2 Å². The SMILES string of the molecule is Cc1cc(-c2cnc(N)c(OCc3c(Cl)ccc(C(=O)CC4CC4)c3Cl)n2)cc2c1CCN(C)C2.